The standard InChI is InChI=1S/C8H6N.C5H5.C4H9.4CH3.CH2.2ClH.Ti/c1-2-4-8-7(3-1)5-6-9-8;1-2-4-5-3-1;1-4(2)3;;;;;;;;/h1-5,9H;1-3H,4H2;1-3H3;4*1H3;1H2;2*1H;/q7*-1;;;;. The van der Waals surface area contributed by atoms with E-state index in [-0.39, 0.29) is 54.5 Å². The fraction of sp³-hybridized carbons (Fsp3) is 0.182. The number of H-pyrrole nitrogens is 1. The molecule has 1 aromatic heterocycles. The van der Waals surface area contributed by atoms with Crippen molar-refractivity contribution in [3.8, 4) is 0 Å². The van der Waals surface area contributed by atoms with Crippen LogP contribution >= 0.6 is 24.8 Å². The number of halogens is 2. The van der Waals surface area contributed by atoms with Crippen LogP contribution < -0.4 is 0 Å². The topological polar surface area (TPSA) is 15.8 Å². The number of aromatic nitrogens is 1. The molecule has 1 heterocycles. The Hall–Kier alpha value is -0.596. The summed E-state index contributed by atoms with van der Waals surface area (Å²) in [6.45, 7) is 6.25. The predicted octanol–water partition coefficient (Wildman–Crippen LogP) is 7.50. The second-order valence-corrected chi connectivity index (χ2v) is 4.50. The molecule has 154 valence electrons. The van der Waals surface area contributed by atoms with E-state index in [9.17, 15) is 0 Å². The van der Waals surface area contributed by atoms with Crippen molar-refractivity contribution in [2.75, 3.05) is 0 Å². The second-order valence-electron chi connectivity index (χ2n) is 4.50. The van der Waals surface area contributed by atoms with Crippen LogP contribution in [0.3, 0.4) is 0 Å². The summed E-state index contributed by atoms with van der Waals surface area (Å²) in [6.07, 6.45) is 12.9. The van der Waals surface area contributed by atoms with Crippen LogP contribution in [0.25, 0.3) is 10.9 Å². The summed E-state index contributed by atoms with van der Waals surface area (Å²) in [6, 6.07) is 10.1. The van der Waals surface area contributed by atoms with Gasteiger partial charge in [0.15, 0.2) is 0 Å². The molecule has 0 saturated carbocycles. The van der Waals surface area contributed by atoms with Crippen molar-refractivity contribution in [3.05, 3.63) is 96.5 Å². The van der Waals surface area contributed by atoms with Crippen molar-refractivity contribution in [1.82, 2.24) is 4.98 Å². The third-order valence-electron chi connectivity index (χ3n) is 1.98. The molecule has 0 amide bonds. The van der Waals surface area contributed by atoms with E-state index in [1.54, 1.807) is 20.0 Å². The minimum absolute atomic E-state index is 0. The van der Waals surface area contributed by atoms with Crippen molar-refractivity contribution in [1.29, 1.82) is 0 Å². The molecule has 1 aliphatic carbocycles. The molecule has 26 heavy (non-hydrogen) atoms. The summed E-state index contributed by atoms with van der Waals surface area (Å²) in [5, 5.41) is 1.22. The number of hydrogen-bond donors (Lipinski definition) is 1. The average molecular weight is 433 g/mol. The van der Waals surface area contributed by atoms with Gasteiger partial charge in [-0.3, -0.25) is 6.08 Å². The van der Waals surface area contributed by atoms with E-state index < -0.39 is 0 Å². The van der Waals surface area contributed by atoms with Gasteiger partial charge in [-0.05, 0) is 0 Å². The molecule has 3 rings (SSSR count). The van der Waals surface area contributed by atoms with Gasteiger partial charge in [0.25, 0.3) is 0 Å². The molecule has 0 unspecified atom stereocenters. The molecule has 1 aliphatic rings. The molecule has 0 radical (unpaired) electrons. The number of para-hydroxylation sites is 1. The fourth-order valence-electron chi connectivity index (χ4n) is 1.27. The van der Waals surface area contributed by atoms with Crippen molar-refractivity contribution in [2.45, 2.75) is 27.2 Å². The zero-order valence-corrected chi connectivity index (χ0v) is 20.5. The molecule has 0 atom stereocenters. The first-order valence-electron chi connectivity index (χ1n) is 6.48. The molecule has 2 aromatic rings. The summed E-state index contributed by atoms with van der Waals surface area (Å²) in [4.78, 5) is 6.24. The van der Waals surface area contributed by atoms with Crippen molar-refractivity contribution < 1.29 is 20.0 Å². The Labute approximate surface area is 188 Å². The quantitative estimate of drug-likeness (QED) is 0.327. The van der Waals surface area contributed by atoms with Gasteiger partial charge in [-0.2, -0.15) is 38.3 Å². The van der Waals surface area contributed by atoms with Gasteiger partial charge in [0.05, 0.1) is 0 Å². The maximum Gasteiger partial charge on any atom is -0.0745 e. The summed E-state index contributed by atoms with van der Waals surface area (Å²) in [7, 11) is 0. The van der Waals surface area contributed by atoms with E-state index in [1.807, 2.05) is 36.4 Å². The molecular formula is C22H36Cl2NTi-7. The molecular weight excluding hydrogens is 397 g/mol. The molecule has 0 fully saturated rings. The first kappa shape index (κ1) is 44.7. The van der Waals surface area contributed by atoms with Gasteiger partial charge in [0, 0.05) is 0 Å². The summed E-state index contributed by atoms with van der Waals surface area (Å²) >= 11 is 1.75. The molecule has 1 nitrogen and oxygen atoms in total. The van der Waals surface area contributed by atoms with Crippen LogP contribution in [-0.4, -0.2) is 9.80 Å². The van der Waals surface area contributed by atoms with E-state index in [0.29, 0.717) is 0 Å². The number of benzene rings is 1. The third-order valence-corrected chi connectivity index (χ3v) is 1.98. The average Bonchev–Trinajstić information content (AvgIpc) is 3.15. The molecule has 1 N–H and O–H groups in total. The zero-order chi connectivity index (χ0) is 15.2. The molecule has 0 aliphatic heterocycles. The Bertz CT molecular complexity index is 477. The molecule has 4 heteroatoms. The second kappa shape index (κ2) is 32.1. The van der Waals surface area contributed by atoms with E-state index in [1.165, 1.54) is 11.3 Å². The van der Waals surface area contributed by atoms with Gasteiger partial charge < -0.3 is 40.6 Å². The van der Waals surface area contributed by atoms with Gasteiger partial charge in [0.1, 0.15) is 0 Å². The summed E-state index contributed by atoms with van der Waals surface area (Å²) < 4.78 is 0. The predicted molar refractivity (Wildman–Crippen MR) is 126 cm³/mol. The van der Waals surface area contributed by atoms with E-state index in [0.717, 1.165) is 11.9 Å². The van der Waals surface area contributed by atoms with Crippen LogP contribution in [0.1, 0.15) is 27.2 Å². The van der Waals surface area contributed by atoms with Crippen LogP contribution in [0.2, 0.25) is 0 Å². The van der Waals surface area contributed by atoms with Gasteiger partial charge in [-0.25, -0.2) is 12.2 Å². The van der Waals surface area contributed by atoms with Crippen LogP contribution in [0.5, 0.6) is 0 Å². The van der Waals surface area contributed by atoms with Gasteiger partial charge in [-0.1, -0.05) is 12.1 Å². The van der Waals surface area contributed by atoms with E-state index in [2.05, 4.69) is 55.0 Å². The minimum atomic E-state index is 0. The van der Waals surface area contributed by atoms with Crippen LogP contribution in [0.15, 0.2) is 48.6 Å². The smallest absolute Gasteiger partial charge is 0.0745 e. The number of aromatic amines is 1. The minimum Gasteiger partial charge on any atom is -0.477 e. The van der Waals surface area contributed by atoms with Gasteiger partial charge in [-0.15, -0.1) is 55.1 Å². The van der Waals surface area contributed by atoms with Crippen LogP contribution in [-0.2, 0) is 20.0 Å². The Morgan fingerprint density at radius 2 is 1.50 bits per heavy atom. The van der Waals surface area contributed by atoms with Crippen molar-refractivity contribution in [3.63, 3.8) is 0 Å². The number of fused-ring (bicyclic) bond motifs is 1. The monoisotopic (exact) mass is 432 g/mol. The largest absolute Gasteiger partial charge is 0.477 e. The maximum atomic E-state index is 3.25. The molecule has 0 saturated heterocycles. The molecule has 0 spiro atoms. The van der Waals surface area contributed by atoms with Crippen molar-refractivity contribution >= 4 is 40.5 Å². The molecule has 0 bridgehead atoms. The van der Waals surface area contributed by atoms with Gasteiger partial charge in [0.2, 0.25) is 0 Å². The Morgan fingerprint density at radius 1 is 1.00 bits per heavy atom. The number of hydrogen-bond acceptors (Lipinski definition) is 0. The zero-order valence-electron chi connectivity index (χ0n) is 17.3. The number of nitrogens with one attached hydrogen (secondary N) is 1. The number of allylic oxidation sites excluding steroid dienone is 4. The Kier molecular flexibility index (Phi) is 55.2. The number of rotatable bonds is 0. The van der Waals surface area contributed by atoms with E-state index in [4.69, 9.17) is 0 Å². The third kappa shape index (κ3) is 25.6. The summed E-state index contributed by atoms with van der Waals surface area (Å²) in [5.41, 5.74) is 1.15. The van der Waals surface area contributed by atoms with Crippen molar-refractivity contribution in [2.24, 2.45) is 0 Å². The summed E-state index contributed by atoms with van der Waals surface area (Å²) in [5.74, 6) is 1.42. The van der Waals surface area contributed by atoms with Crippen LogP contribution in [0.4, 0.5) is 0 Å². The SMILES string of the molecule is C[C-](C)C.Cl.Cl.[C-]1=CC=CC1.[CH2]=[Ti].[CH3-].[CH3-].[CH3-].[CH3-].[c-]1cc2ccccc2[nH]1. The molecule has 1 aromatic carbocycles. The maximum absolute atomic E-state index is 3.25. The Morgan fingerprint density at radius 3 is 1.85 bits per heavy atom. The first-order chi connectivity index (χ1) is 9.70. The van der Waals surface area contributed by atoms with Crippen LogP contribution in [0, 0.1) is 47.9 Å². The van der Waals surface area contributed by atoms with E-state index >= 15 is 0 Å². The Balaban J connectivity index is -0.0000000382. The first-order valence-corrected chi connectivity index (χ1v) is 7.58. The normalized spacial score (nSPS) is 8.42. The van der Waals surface area contributed by atoms with Gasteiger partial charge >= 0.3 is 24.8 Å². The fourth-order valence-corrected chi connectivity index (χ4v) is 1.27.